The summed E-state index contributed by atoms with van der Waals surface area (Å²) in [6, 6.07) is 22.4. The van der Waals surface area contributed by atoms with E-state index in [4.69, 9.17) is 16.3 Å². The molecule has 0 unspecified atom stereocenters. The highest BCUT2D eigenvalue weighted by Gasteiger charge is 2.22. The van der Waals surface area contributed by atoms with E-state index in [-0.39, 0.29) is 0 Å². The molecule has 23 heavy (non-hydrogen) atoms. The second-order valence-corrected chi connectivity index (χ2v) is 6.01. The summed E-state index contributed by atoms with van der Waals surface area (Å²) in [4.78, 5) is 0. The van der Waals surface area contributed by atoms with Crippen molar-refractivity contribution >= 4 is 17.2 Å². The van der Waals surface area contributed by atoms with Gasteiger partial charge in [-0.3, -0.25) is 0 Å². The highest BCUT2D eigenvalue weighted by atomic mass is 35.5. The Bertz CT molecular complexity index is 897. The summed E-state index contributed by atoms with van der Waals surface area (Å²) in [7, 11) is 0. The van der Waals surface area contributed by atoms with Gasteiger partial charge in [-0.15, -0.1) is 0 Å². The first-order valence-corrected chi connectivity index (χ1v) is 7.92. The third-order valence-corrected chi connectivity index (χ3v) is 4.47. The molecule has 3 aromatic rings. The molecule has 0 saturated heterocycles. The average Bonchev–Trinajstić information content (AvgIpc) is 2.74. The molecule has 2 heteroatoms. The number of benzene rings is 3. The van der Waals surface area contributed by atoms with E-state index in [9.17, 15) is 0 Å². The first kappa shape index (κ1) is 14.1. The van der Waals surface area contributed by atoms with Gasteiger partial charge in [0.2, 0.25) is 0 Å². The summed E-state index contributed by atoms with van der Waals surface area (Å²) < 4.78 is 6.13. The molecule has 0 atom stereocenters. The molecule has 0 bridgehead atoms. The topological polar surface area (TPSA) is 9.23 Å². The van der Waals surface area contributed by atoms with Gasteiger partial charge in [0.05, 0.1) is 0 Å². The minimum Gasteiger partial charge on any atom is -0.488 e. The first-order chi connectivity index (χ1) is 11.3. The number of hydrogen-bond acceptors (Lipinski definition) is 1. The maximum absolute atomic E-state index is 6.51. The Balaban J connectivity index is 2.02. The van der Waals surface area contributed by atoms with E-state index in [1.165, 1.54) is 0 Å². The lowest BCUT2D eigenvalue weighted by molar-refractivity contribution is 0.375. The van der Waals surface area contributed by atoms with E-state index in [0.29, 0.717) is 6.61 Å². The van der Waals surface area contributed by atoms with Gasteiger partial charge in [-0.1, -0.05) is 78.8 Å². The second kappa shape index (κ2) is 5.60. The SMILES string of the molecule is C=C1COc2c(-c3ccccc3)cccc2-c2c(Cl)cccc21. The summed E-state index contributed by atoms with van der Waals surface area (Å²) in [5, 5.41) is 0.723. The number of rotatable bonds is 1. The van der Waals surface area contributed by atoms with Crippen molar-refractivity contribution in [2.24, 2.45) is 0 Å². The van der Waals surface area contributed by atoms with Gasteiger partial charge in [-0.2, -0.15) is 0 Å². The summed E-state index contributed by atoms with van der Waals surface area (Å²) in [5.74, 6) is 0.867. The van der Waals surface area contributed by atoms with E-state index < -0.39 is 0 Å². The summed E-state index contributed by atoms with van der Waals surface area (Å²) in [5.41, 5.74) is 6.23. The van der Waals surface area contributed by atoms with E-state index in [0.717, 1.165) is 44.2 Å². The van der Waals surface area contributed by atoms with Gasteiger partial charge < -0.3 is 4.74 Å². The zero-order chi connectivity index (χ0) is 15.8. The Hall–Kier alpha value is -2.51. The van der Waals surface area contributed by atoms with Gasteiger partial charge in [0.25, 0.3) is 0 Å². The highest BCUT2D eigenvalue weighted by molar-refractivity contribution is 6.34. The van der Waals surface area contributed by atoms with Crippen LogP contribution in [0, 0.1) is 0 Å². The van der Waals surface area contributed by atoms with Gasteiger partial charge in [0.1, 0.15) is 12.4 Å². The first-order valence-electron chi connectivity index (χ1n) is 7.54. The summed E-state index contributed by atoms with van der Waals surface area (Å²) >= 11 is 6.51. The fraction of sp³-hybridized carbons (Fsp3) is 0.0476. The van der Waals surface area contributed by atoms with Crippen molar-refractivity contribution in [1.29, 1.82) is 0 Å². The van der Waals surface area contributed by atoms with Gasteiger partial charge in [-0.05, 0) is 22.8 Å². The molecule has 4 rings (SSSR count). The van der Waals surface area contributed by atoms with Crippen molar-refractivity contribution < 1.29 is 4.74 Å². The number of para-hydroxylation sites is 1. The molecule has 0 N–H and O–H groups in total. The number of ether oxygens (including phenoxy) is 1. The fourth-order valence-corrected chi connectivity index (χ4v) is 3.34. The van der Waals surface area contributed by atoms with Gasteiger partial charge in [0, 0.05) is 21.7 Å². The summed E-state index contributed by atoms with van der Waals surface area (Å²) in [6.45, 7) is 4.62. The Morgan fingerprint density at radius 2 is 1.48 bits per heavy atom. The van der Waals surface area contributed by atoms with E-state index in [2.05, 4.69) is 36.9 Å². The van der Waals surface area contributed by atoms with Crippen LogP contribution in [0.2, 0.25) is 5.02 Å². The molecule has 1 nitrogen and oxygen atoms in total. The molecule has 0 fully saturated rings. The van der Waals surface area contributed by atoms with E-state index in [1.807, 2.05) is 36.4 Å². The van der Waals surface area contributed by atoms with Crippen LogP contribution in [0.3, 0.4) is 0 Å². The lowest BCUT2D eigenvalue weighted by Gasteiger charge is -2.14. The van der Waals surface area contributed by atoms with Crippen LogP contribution in [0.25, 0.3) is 27.8 Å². The van der Waals surface area contributed by atoms with Crippen LogP contribution in [-0.4, -0.2) is 6.61 Å². The van der Waals surface area contributed by atoms with Crippen molar-refractivity contribution in [3.8, 4) is 28.0 Å². The van der Waals surface area contributed by atoms with Crippen molar-refractivity contribution in [2.75, 3.05) is 6.61 Å². The normalized spacial score (nSPS) is 12.8. The maximum atomic E-state index is 6.51. The smallest absolute Gasteiger partial charge is 0.135 e. The van der Waals surface area contributed by atoms with Gasteiger partial charge in [-0.25, -0.2) is 0 Å². The molecule has 3 aromatic carbocycles. The van der Waals surface area contributed by atoms with E-state index >= 15 is 0 Å². The van der Waals surface area contributed by atoms with Crippen molar-refractivity contribution in [2.45, 2.75) is 0 Å². The predicted octanol–water partition coefficient (Wildman–Crippen LogP) is 6.08. The van der Waals surface area contributed by atoms with Crippen LogP contribution in [0.4, 0.5) is 0 Å². The number of fused-ring (bicyclic) bond motifs is 3. The van der Waals surface area contributed by atoms with Crippen LogP contribution in [-0.2, 0) is 0 Å². The van der Waals surface area contributed by atoms with Crippen molar-refractivity contribution in [3.05, 3.63) is 83.9 Å². The maximum Gasteiger partial charge on any atom is 0.135 e. The monoisotopic (exact) mass is 318 g/mol. The Kier molecular flexibility index (Phi) is 3.44. The van der Waals surface area contributed by atoms with Gasteiger partial charge >= 0.3 is 0 Å². The van der Waals surface area contributed by atoms with E-state index in [1.54, 1.807) is 0 Å². The molecule has 0 aromatic heterocycles. The molecule has 0 saturated carbocycles. The number of halogens is 1. The molecule has 1 aliphatic rings. The lowest BCUT2D eigenvalue weighted by Crippen LogP contribution is -1.98. The van der Waals surface area contributed by atoms with Crippen molar-refractivity contribution in [3.63, 3.8) is 0 Å². The van der Waals surface area contributed by atoms with Crippen LogP contribution in [0.5, 0.6) is 5.75 Å². The Morgan fingerprint density at radius 3 is 2.30 bits per heavy atom. The van der Waals surface area contributed by atoms with Crippen molar-refractivity contribution in [1.82, 2.24) is 0 Å². The molecule has 1 heterocycles. The zero-order valence-corrected chi connectivity index (χ0v) is 13.3. The number of hydrogen-bond donors (Lipinski definition) is 0. The zero-order valence-electron chi connectivity index (χ0n) is 12.6. The third-order valence-electron chi connectivity index (χ3n) is 4.15. The Labute approximate surface area is 140 Å². The molecular weight excluding hydrogens is 304 g/mol. The minimum atomic E-state index is 0.462. The predicted molar refractivity (Wildman–Crippen MR) is 96.9 cm³/mol. The molecule has 0 radical (unpaired) electrons. The quantitative estimate of drug-likeness (QED) is 0.528. The molecule has 112 valence electrons. The molecule has 0 aliphatic carbocycles. The molecule has 0 spiro atoms. The summed E-state index contributed by atoms with van der Waals surface area (Å²) in [6.07, 6.45) is 0. The third kappa shape index (κ3) is 2.34. The molecule has 0 amide bonds. The lowest BCUT2D eigenvalue weighted by atomic mass is 9.93. The second-order valence-electron chi connectivity index (χ2n) is 5.60. The van der Waals surface area contributed by atoms with Crippen LogP contribution < -0.4 is 4.74 Å². The molecular formula is C21H15ClO. The standard InChI is InChI=1S/C21H15ClO/c1-14-13-23-21-17(15-7-3-2-4-8-15)10-5-11-18(21)20-16(14)9-6-12-19(20)22/h2-12H,1,13H2. The van der Waals surface area contributed by atoms with Crippen LogP contribution in [0.1, 0.15) is 5.56 Å². The van der Waals surface area contributed by atoms with Crippen LogP contribution >= 0.6 is 11.6 Å². The fourth-order valence-electron chi connectivity index (χ4n) is 3.06. The highest BCUT2D eigenvalue weighted by Crippen LogP contribution is 2.46. The molecule has 1 aliphatic heterocycles. The van der Waals surface area contributed by atoms with Gasteiger partial charge in [0.15, 0.2) is 0 Å². The Morgan fingerprint density at radius 1 is 0.783 bits per heavy atom. The largest absolute Gasteiger partial charge is 0.488 e. The van der Waals surface area contributed by atoms with Crippen LogP contribution in [0.15, 0.2) is 73.3 Å². The average molecular weight is 319 g/mol. The minimum absolute atomic E-state index is 0.462.